The van der Waals surface area contributed by atoms with Gasteiger partial charge in [0.2, 0.25) is 0 Å². The molecule has 0 radical (unpaired) electrons. The number of hydrogen-bond acceptors (Lipinski definition) is 3. The lowest BCUT2D eigenvalue weighted by atomic mass is 9.66. The molecule has 1 aromatic rings. The van der Waals surface area contributed by atoms with Crippen LogP contribution in [0.3, 0.4) is 0 Å². The first-order chi connectivity index (χ1) is 13.6. The molecule has 0 amide bonds. The molecule has 1 fully saturated rings. The average molecular weight is 420 g/mol. The zero-order valence-electron chi connectivity index (χ0n) is 18.9. The van der Waals surface area contributed by atoms with Crippen molar-refractivity contribution in [3.05, 3.63) is 29.3 Å². The quantitative estimate of drug-likeness (QED) is 0.575. The Kier molecular flexibility index (Phi) is 6.89. The number of methoxy groups -OCH3 is 1. The van der Waals surface area contributed by atoms with Gasteiger partial charge in [0.15, 0.2) is 0 Å². The molecule has 1 aromatic carbocycles. The van der Waals surface area contributed by atoms with Crippen LogP contribution in [0, 0.1) is 11.3 Å². The molecule has 0 N–H and O–H groups in total. The van der Waals surface area contributed by atoms with Gasteiger partial charge in [-0.3, -0.25) is 0 Å². The summed E-state index contributed by atoms with van der Waals surface area (Å²) in [5.74, 6) is 1.60. The molecule has 0 saturated heterocycles. The maximum atomic E-state index is 12.6. The molecule has 2 atom stereocenters. The van der Waals surface area contributed by atoms with Gasteiger partial charge in [-0.05, 0) is 87.5 Å². The van der Waals surface area contributed by atoms with E-state index in [0.29, 0.717) is 18.6 Å². The SMILES string of the molecule is COC1CCC2(CC1)Cc1ccc(OCC(C)C)cc1C2C=NS(=O)C(C)(C)C. The molecule has 0 aromatic heterocycles. The number of hydrogen-bond donors (Lipinski definition) is 0. The molecule has 29 heavy (non-hydrogen) atoms. The highest BCUT2D eigenvalue weighted by Gasteiger charge is 2.47. The van der Waals surface area contributed by atoms with Gasteiger partial charge in [-0.25, -0.2) is 4.21 Å². The Balaban J connectivity index is 1.91. The molecule has 4 nitrogen and oxygen atoms in total. The summed E-state index contributed by atoms with van der Waals surface area (Å²) in [6, 6.07) is 6.53. The number of ether oxygens (including phenoxy) is 2. The van der Waals surface area contributed by atoms with Crippen molar-refractivity contribution in [3.63, 3.8) is 0 Å². The lowest BCUT2D eigenvalue weighted by molar-refractivity contribution is 0.0273. The van der Waals surface area contributed by atoms with Crippen LogP contribution in [0.4, 0.5) is 0 Å². The van der Waals surface area contributed by atoms with Gasteiger partial charge in [0.1, 0.15) is 16.7 Å². The van der Waals surface area contributed by atoms with Crippen LogP contribution in [-0.2, 0) is 22.1 Å². The van der Waals surface area contributed by atoms with E-state index in [1.54, 1.807) is 0 Å². The predicted molar refractivity (Wildman–Crippen MR) is 121 cm³/mol. The minimum Gasteiger partial charge on any atom is -0.493 e. The Hall–Kier alpha value is -1.20. The van der Waals surface area contributed by atoms with E-state index in [4.69, 9.17) is 9.47 Å². The zero-order valence-corrected chi connectivity index (χ0v) is 19.7. The second-order valence-corrected chi connectivity index (χ2v) is 12.1. The Labute approximate surface area is 179 Å². The fraction of sp³-hybridized carbons (Fsp3) is 0.708. The molecule has 0 aliphatic heterocycles. The Morgan fingerprint density at radius 2 is 1.97 bits per heavy atom. The molecule has 2 unspecified atom stereocenters. The van der Waals surface area contributed by atoms with E-state index in [0.717, 1.165) is 37.9 Å². The number of rotatable bonds is 6. The van der Waals surface area contributed by atoms with Crippen LogP contribution < -0.4 is 4.74 Å². The zero-order chi connectivity index (χ0) is 21.2. The van der Waals surface area contributed by atoms with E-state index in [1.165, 1.54) is 11.1 Å². The van der Waals surface area contributed by atoms with Crippen molar-refractivity contribution in [1.29, 1.82) is 0 Å². The highest BCUT2D eigenvalue weighted by atomic mass is 32.2. The summed E-state index contributed by atoms with van der Waals surface area (Å²) in [4.78, 5) is 0. The number of benzene rings is 1. The number of nitrogens with zero attached hydrogens (tertiary/aromatic N) is 1. The fourth-order valence-corrected chi connectivity index (χ4v) is 5.15. The van der Waals surface area contributed by atoms with Gasteiger partial charge in [-0.1, -0.05) is 19.9 Å². The summed E-state index contributed by atoms with van der Waals surface area (Å²) in [5.41, 5.74) is 2.84. The second kappa shape index (κ2) is 8.89. The molecule has 3 rings (SSSR count). The van der Waals surface area contributed by atoms with Crippen molar-refractivity contribution in [1.82, 2.24) is 0 Å². The van der Waals surface area contributed by atoms with Crippen LogP contribution in [-0.4, -0.2) is 35.0 Å². The van der Waals surface area contributed by atoms with Gasteiger partial charge >= 0.3 is 0 Å². The average Bonchev–Trinajstić information content (AvgIpc) is 2.96. The molecule has 2 aliphatic carbocycles. The molecule has 1 saturated carbocycles. The molecule has 2 aliphatic rings. The lowest BCUT2D eigenvalue weighted by Gasteiger charge is -2.40. The maximum absolute atomic E-state index is 12.6. The van der Waals surface area contributed by atoms with E-state index < -0.39 is 11.0 Å². The second-order valence-electron chi connectivity index (χ2n) is 10.1. The van der Waals surface area contributed by atoms with Gasteiger partial charge in [0, 0.05) is 19.2 Å². The monoisotopic (exact) mass is 419 g/mol. The largest absolute Gasteiger partial charge is 0.493 e. The third-order valence-corrected chi connectivity index (χ3v) is 7.69. The number of fused-ring (bicyclic) bond motifs is 1. The van der Waals surface area contributed by atoms with Crippen LogP contribution in [0.5, 0.6) is 5.75 Å². The Bertz CT molecular complexity index is 758. The highest BCUT2D eigenvalue weighted by Crippen LogP contribution is 2.55. The summed E-state index contributed by atoms with van der Waals surface area (Å²) >= 11 is 0. The van der Waals surface area contributed by atoms with E-state index in [-0.39, 0.29) is 16.1 Å². The molecular weight excluding hydrogens is 382 g/mol. The van der Waals surface area contributed by atoms with Crippen LogP contribution >= 0.6 is 0 Å². The minimum absolute atomic E-state index is 0.152. The third kappa shape index (κ3) is 5.11. The third-order valence-electron chi connectivity index (χ3n) is 6.33. The highest BCUT2D eigenvalue weighted by molar-refractivity contribution is 7.85. The van der Waals surface area contributed by atoms with E-state index in [9.17, 15) is 4.21 Å². The Morgan fingerprint density at radius 3 is 2.55 bits per heavy atom. The molecule has 5 heteroatoms. The van der Waals surface area contributed by atoms with E-state index in [1.807, 2.05) is 34.1 Å². The fourth-order valence-electron chi connectivity index (χ4n) is 4.60. The Morgan fingerprint density at radius 1 is 1.28 bits per heavy atom. The summed E-state index contributed by atoms with van der Waals surface area (Å²) in [5, 5.41) is 0. The minimum atomic E-state index is -1.24. The lowest BCUT2D eigenvalue weighted by Crippen LogP contribution is -2.35. The van der Waals surface area contributed by atoms with Gasteiger partial charge in [-0.2, -0.15) is 4.40 Å². The smallest absolute Gasteiger partial charge is 0.144 e. The van der Waals surface area contributed by atoms with Crippen molar-refractivity contribution < 1.29 is 13.7 Å². The normalized spacial score (nSPS) is 28.2. The molecule has 162 valence electrons. The van der Waals surface area contributed by atoms with E-state index >= 15 is 0 Å². The van der Waals surface area contributed by atoms with Gasteiger partial charge < -0.3 is 9.47 Å². The van der Waals surface area contributed by atoms with Crippen molar-refractivity contribution >= 4 is 17.2 Å². The first kappa shape index (κ1) is 22.5. The van der Waals surface area contributed by atoms with E-state index in [2.05, 4.69) is 36.4 Å². The summed E-state index contributed by atoms with van der Waals surface area (Å²) in [7, 11) is 0.574. The summed E-state index contributed by atoms with van der Waals surface area (Å²) < 4.78 is 28.4. The predicted octanol–water partition coefficient (Wildman–Crippen LogP) is 5.47. The standard InChI is InChI=1S/C24H37NO3S/c1-17(2)16-28-20-8-7-18-14-24(11-9-19(27-6)10-12-24)22(21(18)13-20)15-25-29(26)23(3,4)5/h7-8,13,15,17,19,22H,9-12,14,16H2,1-6H3. The van der Waals surface area contributed by atoms with Gasteiger partial charge in [0.05, 0.1) is 17.5 Å². The summed E-state index contributed by atoms with van der Waals surface area (Å²) in [6.45, 7) is 11.0. The maximum Gasteiger partial charge on any atom is 0.144 e. The molecule has 0 bridgehead atoms. The van der Waals surface area contributed by atoms with Crippen LogP contribution in [0.15, 0.2) is 22.6 Å². The first-order valence-electron chi connectivity index (χ1n) is 10.9. The van der Waals surface area contributed by atoms with Crippen molar-refractivity contribution in [2.45, 2.75) is 83.5 Å². The van der Waals surface area contributed by atoms with Gasteiger partial charge in [-0.15, -0.1) is 0 Å². The van der Waals surface area contributed by atoms with Crippen molar-refractivity contribution in [2.24, 2.45) is 15.7 Å². The first-order valence-corrected chi connectivity index (χ1v) is 12.0. The van der Waals surface area contributed by atoms with Crippen LogP contribution in [0.25, 0.3) is 0 Å². The van der Waals surface area contributed by atoms with Crippen molar-refractivity contribution in [2.75, 3.05) is 13.7 Å². The molecule has 1 spiro atoms. The molecular formula is C24H37NO3S. The van der Waals surface area contributed by atoms with Crippen LogP contribution in [0.2, 0.25) is 0 Å². The van der Waals surface area contributed by atoms with Gasteiger partial charge in [0.25, 0.3) is 0 Å². The van der Waals surface area contributed by atoms with Crippen LogP contribution in [0.1, 0.15) is 77.3 Å². The van der Waals surface area contributed by atoms with Crippen molar-refractivity contribution in [3.8, 4) is 5.75 Å². The molecule has 0 heterocycles. The topological polar surface area (TPSA) is 47.9 Å². The summed E-state index contributed by atoms with van der Waals surface area (Å²) in [6.07, 6.45) is 7.79.